The second-order valence-corrected chi connectivity index (χ2v) is 5.66. The van der Waals surface area contributed by atoms with Gasteiger partial charge in [0.1, 0.15) is 5.78 Å². The molecule has 0 unspecified atom stereocenters. The standard InChI is InChI=1S/C9H12Cl2F4O2/c1-6(2,3)5(16)4-7(17,8(10,12)13)9(11,14)15/h17H,4H2,1-3H3. The minimum atomic E-state index is -4.74. The monoisotopic (exact) mass is 298 g/mol. The van der Waals surface area contributed by atoms with Gasteiger partial charge in [-0.25, -0.2) is 0 Å². The summed E-state index contributed by atoms with van der Waals surface area (Å²) in [5.41, 5.74) is -5.31. The lowest BCUT2D eigenvalue weighted by molar-refractivity contribution is -0.220. The molecule has 0 rings (SSSR count). The normalized spacial score (nSPS) is 14.9. The molecule has 1 N–H and O–H groups in total. The lowest BCUT2D eigenvalue weighted by atomic mass is 9.83. The van der Waals surface area contributed by atoms with Crippen LogP contribution in [0.2, 0.25) is 0 Å². The molecule has 0 amide bonds. The molecule has 102 valence electrons. The Balaban J connectivity index is 5.35. The summed E-state index contributed by atoms with van der Waals surface area (Å²) in [6.07, 6.45) is -1.55. The second-order valence-electron chi connectivity index (χ2n) is 4.71. The first kappa shape index (κ1) is 16.9. The van der Waals surface area contributed by atoms with E-state index < -0.39 is 34.0 Å². The lowest BCUT2D eigenvalue weighted by Crippen LogP contribution is -2.57. The molecule has 0 atom stereocenters. The van der Waals surface area contributed by atoms with Gasteiger partial charge in [0, 0.05) is 5.41 Å². The predicted octanol–water partition coefficient (Wildman–Crippen LogP) is 3.39. The fourth-order valence-corrected chi connectivity index (χ4v) is 1.28. The molecule has 0 spiro atoms. The van der Waals surface area contributed by atoms with Gasteiger partial charge in [0.05, 0.1) is 6.42 Å². The van der Waals surface area contributed by atoms with Crippen molar-refractivity contribution in [3.8, 4) is 0 Å². The zero-order valence-corrected chi connectivity index (χ0v) is 10.8. The van der Waals surface area contributed by atoms with E-state index in [1.165, 1.54) is 20.8 Å². The van der Waals surface area contributed by atoms with Gasteiger partial charge in [0.2, 0.25) is 5.60 Å². The van der Waals surface area contributed by atoms with E-state index in [0.29, 0.717) is 0 Å². The van der Waals surface area contributed by atoms with Gasteiger partial charge in [-0.2, -0.15) is 17.6 Å². The smallest absolute Gasteiger partial charge is 0.357 e. The fourth-order valence-electron chi connectivity index (χ4n) is 0.859. The summed E-state index contributed by atoms with van der Waals surface area (Å²) in [5.74, 6) is -1.01. The number of hydrogen-bond acceptors (Lipinski definition) is 2. The van der Waals surface area contributed by atoms with Crippen molar-refractivity contribution >= 4 is 29.0 Å². The third-order valence-corrected chi connectivity index (χ3v) is 2.82. The Morgan fingerprint density at radius 1 is 1.06 bits per heavy atom. The minimum absolute atomic E-state index is 1.01. The van der Waals surface area contributed by atoms with E-state index in [1.54, 1.807) is 0 Å². The molecule has 0 saturated heterocycles. The van der Waals surface area contributed by atoms with Crippen molar-refractivity contribution in [1.29, 1.82) is 0 Å². The first-order valence-electron chi connectivity index (χ1n) is 4.52. The highest BCUT2D eigenvalue weighted by Crippen LogP contribution is 2.48. The number of alkyl halides is 6. The first-order valence-corrected chi connectivity index (χ1v) is 5.27. The number of hydrogen-bond donors (Lipinski definition) is 1. The van der Waals surface area contributed by atoms with Crippen molar-refractivity contribution in [2.75, 3.05) is 0 Å². The van der Waals surface area contributed by atoms with Crippen molar-refractivity contribution in [2.45, 2.75) is 43.6 Å². The Kier molecular flexibility index (Phi) is 4.53. The van der Waals surface area contributed by atoms with E-state index in [4.69, 9.17) is 0 Å². The molecule has 0 aliphatic heterocycles. The van der Waals surface area contributed by atoms with E-state index in [2.05, 4.69) is 23.2 Å². The van der Waals surface area contributed by atoms with Crippen LogP contribution in [0, 0.1) is 5.41 Å². The molecule has 0 saturated carbocycles. The number of carbonyl (C=O) groups is 1. The van der Waals surface area contributed by atoms with Crippen LogP contribution in [0.4, 0.5) is 17.6 Å². The highest BCUT2D eigenvalue weighted by atomic mass is 35.5. The predicted molar refractivity (Wildman–Crippen MR) is 55.6 cm³/mol. The number of rotatable bonds is 4. The number of ketones is 1. The number of carbonyl (C=O) groups excluding carboxylic acids is 1. The van der Waals surface area contributed by atoms with Crippen molar-refractivity contribution < 1.29 is 27.5 Å². The molecule has 8 heteroatoms. The van der Waals surface area contributed by atoms with Crippen LogP contribution >= 0.6 is 23.2 Å². The molecule has 0 bridgehead atoms. The van der Waals surface area contributed by atoms with Gasteiger partial charge in [-0.1, -0.05) is 20.8 Å². The molecular formula is C9H12Cl2F4O2. The molecule has 0 aliphatic rings. The number of aliphatic hydroxyl groups is 1. The maximum absolute atomic E-state index is 12.8. The van der Waals surface area contributed by atoms with Crippen molar-refractivity contribution in [3.63, 3.8) is 0 Å². The Morgan fingerprint density at radius 2 is 1.35 bits per heavy atom. The van der Waals surface area contributed by atoms with Crippen molar-refractivity contribution in [2.24, 2.45) is 5.41 Å². The van der Waals surface area contributed by atoms with Gasteiger partial charge in [0.15, 0.2) is 0 Å². The number of Topliss-reactive ketones (excluding diaryl/α,β-unsaturated/α-hetero) is 1. The molecule has 0 aliphatic carbocycles. The van der Waals surface area contributed by atoms with E-state index in [-0.39, 0.29) is 0 Å². The van der Waals surface area contributed by atoms with Crippen LogP contribution in [-0.4, -0.2) is 27.3 Å². The summed E-state index contributed by atoms with van der Waals surface area (Å²) in [7, 11) is 0. The summed E-state index contributed by atoms with van der Waals surface area (Å²) in [6, 6.07) is 0. The Labute approximate surface area is 106 Å². The van der Waals surface area contributed by atoms with Crippen LogP contribution in [0.15, 0.2) is 0 Å². The van der Waals surface area contributed by atoms with Crippen LogP contribution in [0.5, 0.6) is 0 Å². The lowest BCUT2D eigenvalue weighted by Gasteiger charge is -2.35. The van der Waals surface area contributed by atoms with E-state index in [0.717, 1.165) is 0 Å². The third kappa shape index (κ3) is 3.69. The van der Waals surface area contributed by atoms with Gasteiger partial charge >= 0.3 is 10.8 Å². The average Bonchev–Trinajstić information content (AvgIpc) is 1.97. The Hall–Kier alpha value is -0.0700. The zero-order chi connectivity index (χ0) is 14.3. The fraction of sp³-hybridized carbons (Fsp3) is 0.889. The molecule has 0 aromatic heterocycles. The highest BCUT2D eigenvalue weighted by molar-refractivity contribution is 6.26. The third-order valence-electron chi connectivity index (χ3n) is 2.19. The zero-order valence-electron chi connectivity index (χ0n) is 9.33. The maximum Gasteiger partial charge on any atom is 0.357 e. The molecule has 0 aromatic rings. The molecule has 0 fully saturated rings. The molecule has 0 heterocycles. The molecule has 0 radical (unpaired) electrons. The molecule has 17 heavy (non-hydrogen) atoms. The van der Waals surface area contributed by atoms with Crippen LogP contribution in [-0.2, 0) is 4.79 Å². The summed E-state index contributed by atoms with van der Waals surface area (Å²) in [5, 5.41) is -0.241. The van der Waals surface area contributed by atoms with Gasteiger partial charge in [0.25, 0.3) is 0 Å². The van der Waals surface area contributed by atoms with Crippen molar-refractivity contribution in [3.05, 3.63) is 0 Å². The van der Waals surface area contributed by atoms with Gasteiger partial charge in [-0.15, -0.1) is 0 Å². The SMILES string of the molecule is CC(C)(C)C(=O)CC(O)(C(F)(F)Cl)C(F)(F)Cl. The van der Waals surface area contributed by atoms with E-state index in [9.17, 15) is 27.5 Å². The van der Waals surface area contributed by atoms with Crippen LogP contribution < -0.4 is 0 Å². The van der Waals surface area contributed by atoms with Gasteiger partial charge < -0.3 is 5.11 Å². The first-order chi connectivity index (χ1) is 7.13. The van der Waals surface area contributed by atoms with Crippen molar-refractivity contribution in [1.82, 2.24) is 0 Å². The van der Waals surface area contributed by atoms with E-state index >= 15 is 0 Å². The molecule has 2 nitrogen and oxygen atoms in total. The summed E-state index contributed by atoms with van der Waals surface area (Å²) in [6.45, 7) is 3.98. The quantitative estimate of drug-likeness (QED) is 0.638. The van der Waals surface area contributed by atoms with Crippen LogP contribution in [0.3, 0.4) is 0 Å². The Morgan fingerprint density at radius 3 is 1.53 bits per heavy atom. The summed E-state index contributed by atoms with van der Waals surface area (Å²) < 4.78 is 51.3. The largest absolute Gasteiger partial charge is 0.376 e. The maximum atomic E-state index is 12.8. The minimum Gasteiger partial charge on any atom is -0.376 e. The average molecular weight is 299 g/mol. The molecular weight excluding hydrogens is 287 g/mol. The summed E-state index contributed by atoms with van der Waals surface area (Å²) in [4.78, 5) is 11.4. The second kappa shape index (κ2) is 4.55. The highest BCUT2D eigenvalue weighted by Gasteiger charge is 2.67. The van der Waals surface area contributed by atoms with Crippen LogP contribution in [0.25, 0.3) is 0 Å². The van der Waals surface area contributed by atoms with E-state index in [1.807, 2.05) is 0 Å². The molecule has 0 aromatic carbocycles. The topological polar surface area (TPSA) is 37.3 Å². The van der Waals surface area contributed by atoms with Gasteiger partial charge in [-0.3, -0.25) is 4.79 Å². The summed E-state index contributed by atoms with van der Waals surface area (Å²) >= 11 is 8.84. The Bertz CT molecular complexity index is 288. The number of halogens is 6. The van der Waals surface area contributed by atoms with Crippen LogP contribution in [0.1, 0.15) is 27.2 Å². The van der Waals surface area contributed by atoms with Gasteiger partial charge in [-0.05, 0) is 23.2 Å².